The topological polar surface area (TPSA) is 90.0 Å². The third kappa shape index (κ3) is 6.03. The van der Waals surface area contributed by atoms with Gasteiger partial charge in [0.2, 0.25) is 21.8 Å². The van der Waals surface area contributed by atoms with Gasteiger partial charge < -0.3 is 10.2 Å². The highest BCUT2D eigenvalue weighted by atomic mass is 32.2. The van der Waals surface area contributed by atoms with Crippen molar-refractivity contribution in [2.75, 3.05) is 43.4 Å². The van der Waals surface area contributed by atoms with Crippen LogP contribution in [0.2, 0.25) is 0 Å². The Kier molecular flexibility index (Phi) is 8.45. The number of anilines is 1. The van der Waals surface area contributed by atoms with Crippen molar-refractivity contribution in [3.63, 3.8) is 0 Å². The first kappa shape index (κ1) is 26.4. The van der Waals surface area contributed by atoms with Crippen LogP contribution in [0, 0.1) is 5.92 Å². The van der Waals surface area contributed by atoms with Crippen LogP contribution in [-0.4, -0.2) is 80.0 Å². The van der Waals surface area contributed by atoms with Crippen LogP contribution < -0.4 is 10.2 Å². The van der Waals surface area contributed by atoms with E-state index >= 15 is 0 Å². The summed E-state index contributed by atoms with van der Waals surface area (Å²) < 4.78 is 28.1. The van der Waals surface area contributed by atoms with E-state index in [1.54, 1.807) is 18.2 Å². The normalized spacial score (nSPS) is 24.9. The number of benzene rings is 1. The minimum absolute atomic E-state index is 0.109. The van der Waals surface area contributed by atoms with Crippen molar-refractivity contribution in [3.05, 3.63) is 18.2 Å². The van der Waals surface area contributed by atoms with Crippen molar-refractivity contribution in [1.82, 2.24) is 14.5 Å². The molecule has 0 unspecified atom stereocenters. The Hall–Kier alpha value is -1.62. The highest BCUT2D eigenvalue weighted by molar-refractivity contribution is 8.00. The van der Waals surface area contributed by atoms with Gasteiger partial charge in [-0.3, -0.25) is 14.5 Å². The Morgan fingerprint density at radius 1 is 1.09 bits per heavy atom. The second-order valence-corrected chi connectivity index (χ2v) is 13.2. The lowest BCUT2D eigenvalue weighted by molar-refractivity contribution is -0.123. The molecular weight excluding hydrogens is 484 g/mol. The van der Waals surface area contributed by atoms with Gasteiger partial charge in [0.1, 0.15) is 6.54 Å². The van der Waals surface area contributed by atoms with Gasteiger partial charge in [0, 0.05) is 43.2 Å². The molecule has 3 heterocycles. The third-order valence-electron chi connectivity index (χ3n) is 7.62. The largest absolute Gasteiger partial charge is 0.353 e. The number of rotatable bonds is 7. The fourth-order valence-corrected chi connectivity index (χ4v) is 7.74. The second kappa shape index (κ2) is 11.2. The molecule has 1 aromatic carbocycles. The van der Waals surface area contributed by atoms with Gasteiger partial charge in [0.15, 0.2) is 0 Å². The number of piperidine rings is 2. The van der Waals surface area contributed by atoms with Crippen LogP contribution >= 0.6 is 11.8 Å². The lowest BCUT2D eigenvalue weighted by Crippen LogP contribution is -2.49. The summed E-state index contributed by atoms with van der Waals surface area (Å²) in [5, 5.41) is 2.96. The monoisotopic (exact) mass is 522 g/mol. The van der Waals surface area contributed by atoms with E-state index in [-0.39, 0.29) is 29.0 Å². The Bertz CT molecular complexity index is 1030. The first-order valence-electron chi connectivity index (χ1n) is 12.8. The molecule has 0 saturated carbocycles. The number of likely N-dealkylation sites (tertiary alicyclic amines) is 1. The third-order valence-corrected chi connectivity index (χ3v) is 10.6. The number of carbonyl (C=O) groups is 2. The summed E-state index contributed by atoms with van der Waals surface area (Å²) in [6, 6.07) is 5.96. The molecule has 0 radical (unpaired) electrons. The van der Waals surface area contributed by atoms with Crippen molar-refractivity contribution < 1.29 is 18.0 Å². The van der Waals surface area contributed by atoms with E-state index in [2.05, 4.69) is 31.0 Å². The molecule has 10 heteroatoms. The predicted molar refractivity (Wildman–Crippen MR) is 139 cm³/mol. The van der Waals surface area contributed by atoms with Crippen LogP contribution in [0.5, 0.6) is 0 Å². The van der Waals surface area contributed by atoms with E-state index < -0.39 is 10.0 Å². The maximum Gasteiger partial charge on any atom is 0.243 e. The molecule has 8 nitrogen and oxygen atoms in total. The van der Waals surface area contributed by atoms with Crippen molar-refractivity contribution in [3.8, 4) is 0 Å². The Morgan fingerprint density at radius 2 is 1.77 bits per heavy atom. The Balaban J connectivity index is 1.43. The van der Waals surface area contributed by atoms with E-state index in [1.165, 1.54) is 40.2 Å². The quantitative estimate of drug-likeness (QED) is 0.592. The van der Waals surface area contributed by atoms with Crippen molar-refractivity contribution in [1.29, 1.82) is 0 Å². The van der Waals surface area contributed by atoms with Crippen molar-refractivity contribution in [2.45, 2.75) is 74.7 Å². The number of thioether (sulfide) groups is 1. The molecule has 0 aliphatic carbocycles. The molecule has 2 atom stereocenters. The minimum atomic E-state index is -3.65. The molecule has 35 heavy (non-hydrogen) atoms. The minimum Gasteiger partial charge on any atom is -0.353 e. The lowest BCUT2D eigenvalue weighted by atomic mass is 9.98. The summed E-state index contributed by atoms with van der Waals surface area (Å²) in [6.07, 6.45) is 5.29. The van der Waals surface area contributed by atoms with Crippen LogP contribution in [0.25, 0.3) is 0 Å². The van der Waals surface area contributed by atoms with E-state index in [1.807, 2.05) is 0 Å². The van der Waals surface area contributed by atoms with Gasteiger partial charge in [-0.1, -0.05) is 13.3 Å². The van der Waals surface area contributed by atoms with Gasteiger partial charge >= 0.3 is 0 Å². The first-order valence-corrected chi connectivity index (χ1v) is 15.2. The fourth-order valence-electron chi connectivity index (χ4n) is 5.33. The fraction of sp³-hybridized carbons (Fsp3) is 0.680. The van der Waals surface area contributed by atoms with E-state index in [0.29, 0.717) is 43.3 Å². The number of hydrogen-bond acceptors (Lipinski definition) is 6. The average molecular weight is 523 g/mol. The Morgan fingerprint density at radius 3 is 2.46 bits per heavy atom. The van der Waals surface area contributed by atoms with Crippen molar-refractivity contribution >= 4 is 39.3 Å². The molecule has 194 valence electrons. The molecule has 0 aromatic heterocycles. The highest BCUT2D eigenvalue weighted by Crippen LogP contribution is 2.37. The van der Waals surface area contributed by atoms with Crippen LogP contribution in [-0.2, 0) is 19.6 Å². The molecule has 0 bridgehead atoms. The molecule has 2 saturated heterocycles. The maximum atomic E-state index is 13.3. The number of sulfonamides is 1. The van der Waals surface area contributed by atoms with Gasteiger partial charge in [-0.05, 0) is 63.6 Å². The highest BCUT2D eigenvalue weighted by Gasteiger charge is 2.32. The van der Waals surface area contributed by atoms with E-state index in [4.69, 9.17) is 0 Å². The molecule has 1 N–H and O–H groups in total. The van der Waals surface area contributed by atoms with E-state index in [9.17, 15) is 18.0 Å². The van der Waals surface area contributed by atoms with Gasteiger partial charge in [0.25, 0.3) is 0 Å². The maximum absolute atomic E-state index is 13.3. The predicted octanol–water partition coefficient (Wildman–Crippen LogP) is 2.93. The molecular formula is C25H38N4O4S2. The summed E-state index contributed by atoms with van der Waals surface area (Å²) in [6.45, 7) is 8.82. The number of amides is 2. The standard InChI is InChI=1S/C25H38N4O4S2/c1-18-9-12-27(13-10-18)35(32,33)21-7-8-23-22(15-21)29(25(31)17-34-23)16-24(30)26-11-14-28-19(2)5-4-6-20(28)3/h7-8,15,18-20H,4-6,9-14,16-17H2,1-3H3,(H,26,30)/t19-,20-/m1/s1. The van der Waals surface area contributed by atoms with Crippen LogP contribution in [0.1, 0.15) is 52.9 Å². The van der Waals surface area contributed by atoms with E-state index in [0.717, 1.165) is 24.3 Å². The number of nitrogens with zero attached hydrogens (tertiary/aromatic N) is 3. The zero-order valence-electron chi connectivity index (χ0n) is 21.0. The summed E-state index contributed by atoms with van der Waals surface area (Å²) >= 11 is 1.38. The molecule has 3 aliphatic heterocycles. The molecule has 0 spiro atoms. The number of fused-ring (bicyclic) bond motifs is 1. The summed E-state index contributed by atoms with van der Waals surface area (Å²) in [5.74, 6) is 0.345. The lowest BCUT2D eigenvalue weighted by Gasteiger charge is -2.39. The Labute approximate surface area is 213 Å². The van der Waals surface area contributed by atoms with Crippen LogP contribution in [0.4, 0.5) is 5.69 Å². The molecule has 3 aliphatic rings. The SMILES string of the molecule is CC1CCN(S(=O)(=O)c2ccc3c(c2)N(CC(=O)NCCN2[C@H](C)CCC[C@H]2C)C(=O)CS3)CC1. The zero-order valence-corrected chi connectivity index (χ0v) is 22.7. The van der Waals surface area contributed by atoms with Gasteiger partial charge in [0.05, 0.1) is 16.3 Å². The summed E-state index contributed by atoms with van der Waals surface area (Å²) in [5.41, 5.74) is 0.506. The van der Waals surface area contributed by atoms with Gasteiger partial charge in [-0.15, -0.1) is 11.8 Å². The zero-order chi connectivity index (χ0) is 25.2. The van der Waals surface area contributed by atoms with Crippen LogP contribution in [0.3, 0.4) is 0 Å². The molecule has 1 aromatic rings. The van der Waals surface area contributed by atoms with Crippen LogP contribution in [0.15, 0.2) is 28.0 Å². The molecule has 4 rings (SSSR count). The van der Waals surface area contributed by atoms with Crippen molar-refractivity contribution in [2.24, 2.45) is 5.92 Å². The first-order chi connectivity index (χ1) is 16.7. The number of hydrogen-bond donors (Lipinski definition) is 1. The summed E-state index contributed by atoms with van der Waals surface area (Å²) in [4.78, 5) is 30.4. The number of carbonyl (C=O) groups excluding carboxylic acids is 2. The number of nitrogens with one attached hydrogen (secondary N) is 1. The summed E-state index contributed by atoms with van der Waals surface area (Å²) in [7, 11) is -3.65. The average Bonchev–Trinajstić information content (AvgIpc) is 2.83. The molecule has 2 amide bonds. The second-order valence-electron chi connectivity index (χ2n) is 10.2. The smallest absolute Gasteiger partial charge is 0.243 e. The molecule has 2 fully saturated rings. The van der Waals surface area contributed by atoms with Gasteiger partial charge in [-0.2, -0.15) is 4.31 Å². The van der Waals surface area contributed by atoms with Gasteiger partial charge in [-0.25, -0.2) is 8.42 Å².